The van der Waals surface area contributed by atoms with Crippen LogP contribution in [0, 0.1) is 0 Å². The van der Waals surface area contributed by atoms with Gasteiger partial charge in [-0.05, 0) is 45.6 Å². The summed E-state index contributed by atoms with van der Waals surface area (Å²) in [6, 6.07) is 0. The van der Waals surface area contributed by atoms with Crippen LogP contribution in [0.2, 0.25) is 0 Å². The molecule has 0 aromatic rings. The zero-order valence-electron chi connectivity index (χ0n) is 15.5. The Morgan fingerprint density at radius 1 is 0.636 bits per heavy atom. The molecule has 0 aromatic carbocycles. The van der Waals surface area contributed by atoms with Crippen LogP contribution < -0.4 is 5.73 Å². The van der Waals surface area contributed by atoms with E-state index in [1.54, 1.807) is 6.92 Å². The number of hydrogen-bond acceptors (Lipinski definition) is 2. The van der Waals surface area contributed by atoms with Gasteiger partial charge < -0.3 is 10.8 Å². The van der Waals surface area contributed by atoms with Crippen molar-refractivity contribution >= 4 is 0 Å². The third-order valence-electron chi connectivity index (χ3n) is 3.72. The molecule has 0 unspecified atom stereocenters. The molecule has 0 rings (SSSR count). The lowest BCUT2D eigenvalue weighted by atomic mass is 10.1. The number of aliphatic hydroxyl groups is 1. The molecular formula is C20H43NO. The van der Waals surface area contributed by atoms with Gasteiger partial charge in [-0.25, -0.2) is 0 Å². The van der Waals surface area contributed by atoms with Crippen LogP contribution in [0.4, 0.5) is 0 Å². The Morgan fingerprint density at radius 2 is 1.00 bits per heavy atom. The monoisotopic (exact) mass is 313 g/mol. The van der Waals surface area contributed by atoms with E-state index in [1.165, 1.54) is 89.9 Å². The molecule has 0 aliphatic heterocycles. The summed E-state index contributed by atoms with van der Waals surface area (Å²) in [6.07, 6.45) is 23.9. The number of unbranched alkanes of at least 4 members (excludes halogenated alkanes) is 12. The van der Waals surface area contributed by atoms with Crippen molar-refractivity contribution in [2.45, 2.75) is 104 Å². The number of nitrogens with two attached hydrogens (primary N) is 1. The summed E-state index contributed by atoms with van der Waals surface area (Å²) in [5.41, 5.74) is 5.47. The molecule has 0 heterocycles. The Hall–Kier alpha value is -0.340. The highest BCUT2D eigenvalue weighted by molar-refractivity contribution is 4.81. The average molecular weight is 314 g/mol. The van der Waals surface area contributed by atoms with Crippen molar-refractivity contribution in [3.63, 3.8) is 0 Å². The van der Waals surface area contributed by atoms with E-state index in [4.69, 9.17) is 10.8 Å². The number of rotatable bonds is 15. The lowest BCUT2D eigenvalue weighted by molar-refractivity contribution is 0.318. The van der Waals surface area contributed by atoms with Gasteiger partial charge in [-0.2, -0.15) is 0 Å². The van der Waals surface area contributed by atoms with Crippen molar-refractivity contribution < 1.29 is 5.11 Å². The first-order valence-corrected chi connectivity index (χ1v) is 9.79. The van der Waals surface area contributed by atoms with E-state index in [-0.39, 0.29) is 6.61 Å². The molecule has 0 aliphatic rings. The molecule has 0 aromatic heterocycles. The van der Waals surface area contributed by atoms with Crippen LogP contribution in [-0.2, 0) is 0 Å². The molecular weight excluding hydrogens is 270 g/mol. The first-order chi connectivity index (χ1) is 10.8. The van der Waals surface area contributed by atoms with Crippen LogP contribution >= 0.6 is 0 Å². The summed E-state index contributed by atoms with van der Waals surface area (Å²) >= 11 is 0. The van der Waals surface area contributed by atoms with Gasteiger partial charge in [-0.15, -0.1) is 0 Å². The highest BCUT2D eigenvalue weighted by atomic mass is 16.2. The largest absolute Gasteiger partial charge is 0.397 e. The fourth-order valence-electron chi connectivity index (χ4n) is 2.39. The van der Waals surface area contributed by atoms with Crippen LogP contribution in [-0.4, -0.2) is 18.3 Å². The van der Waals surface area contributed by atoms with Gasteiger partial charge in [0.25, 0.3) is 0 Å². The molecule has 0 saturated carbocycles. The van der Waals surface area contributed by atoms with E-state index < -0.39 is 0 Å². The fourth-order valence-corrected chi connectivity index (χ4v) is 2.39. The van der Waals surface area contributed by atoms with Crippen molar-refractivity contribution in [1.82, 2.24) is 0 Å². The predicted octanol–water partition coefficient (Wildman–Crippen LogP) is 5.98. The standard InChI is InChI=1S/C18H37N.C2H6O/c1-2-3-4-5-6-7-8-9-10-11-12-13-14-15-16-17-18-19;1-2-3/h9-10H,2-8,11-19H2,1H3;3H,2H2,1H3/b10-9-;. The zero-order valence-corrected chi connectivity index (χ0v) is 15.5. The first-order valence-electron chi connectivity index (χ1n) is 9.79. The molecule has 0 amide bonds. The van der Waals surface area contributed by atoms with Gasteiger partial charge in [0, 0.05) is 6.61 Å². The number of aliphatic hydroxyl groups excluding tert-OH is 1. The van der Waals surface area contributed by atoms with Crippen molar-refractivity contribution in [2.75, 3.05) is 13.2 Å². The lowest BCUT2D eigenvalue weighted by Gasteiger charge is -1.99. The van der Waals surface area contributed by atoms with E-state index in [0.717, 1.165) is 6.54 Å². The molecule has 0 radical (unpaired) electrons. The van der Waals surface area contributed by atoms with Crippen molar-refractivity contribution in [3.8, 4) is 0 Å². The van der Waals surface area contributed by atoms with Crippen molar-refractivity contribution in [3.05, 3.63) is 12.2 Å². The minimum absolute atomic E-state index is 0.250. The van der Waals surface area contributed by atoms with Gasteiger partial charge in [-0.3, -0.25) is 0 Å². The van der Waals surface area contributed by atoms with E-state index in [0.29, 0.717) is 0 Å². The second-order valence-electron chi connectivity index (χ2n) is 6.04. The minimum Gasteiger partial charge on any atom is -0.397 e. The van der Waals surface area contributed by atoms with Gasteiger partial charge in [0.05, 0.1) is 0 Å². The van der Waals surface area contributed by atoms with Crippen LogP contribution in [0.25, 0.3) is 0 Å². The van der Waals surface area contributed by atoms with Gasteiger partial charge in [0.1, 0.15) is 0 Å². The SMILES string of the molecule is CCCCCCCC/C=C\CCCCCCCCN.CCO. The van der Waals surface area contributed by atoms with E-state index in [9.17, 15) is 0 Å². The molecule has 22 heavy (non-hydrogen) atoms. The lowest BCUT2D eigenvalue weighted by Crippen LogP contribution is -1.97. The molecule has 134 valence electrons. The van der Waals surface area contributed by atoms with E-state index in [1.807, 2.05) is 0 Å². The Labute approximate surface area is 140 Å². The zero-order chi connectivity index (χ0) is 16.7. The fraction of sp³-hybridized carbons (Fsp3) is 0.900. The Kier molecular flexibility index (Phi) is 27.8. The highest BCUT2D eigenvalue weighted by Gasteiger charge is 1.90. The van der Waals surface area contributed by atoms with Gasteiger partial charge in [0.2, 0.25) is 0 Å². The highest BCUT2D eigenvalue weighted by Crippen LogP contribution is 2.09. The summed E-state index contributed by atoms with van der Waals surface area (Å²) in [5.74, 6) is 0. The summed E-state index contributed by atoms with van der Waals surface area (Å²) < 4.78 is 0. The van der Waals surface area contributed by atoms with Gasteiger partial charge in [0.15, 0.2) is 0 Å². The molecule has 0 spiro atoms. The van der Waals surface area contributed by atoms with Crippen molar-refractivity contribution in [1.29, 1.82) is 0 Å². The predicted molar refractivity (Wildman–Crippen MR) is 101 cm³/mol. The minimum atomic E-state index is 0.250. The first kappa shape index (κ1) is 23.9. The van der Waals surface area contributed by atoms with Crippen LogP contribution in [0.1, 0.15) is 104 Å². The Balaban J connectivity index is 0. The molecule has 3 N–H and O–H groups in total. The Morgan fingerprint density at radius 3 is 1.41 bits per heavy atom. The molecule has 2 heteroatoms. The summed E-state index contributed by atoms with van der Waals surface area (Å²) in [5, 5.41) is 7.57. The maximum atomic E-state index is 7.57. The molecule has 0 bridgehead atoms. The van der Waals surface area contributed by atoms with Gasteiger partial charge in [-0.1, -0.05) is 76.9 Å². The maximum Gasteiger partial charge on any atom is 0.0402 e. The van der Waals surface area contributed by atoms with E-state index in [2.05, 4.69) is 19.1 Å². The smallest absolute Gasteiger partial charge is 0.0402 e. The molecule has 0 atom stereocenters. The van der Waals surface area contributed by atoms with Crippen LogP contribution in [0.5, 0.6) is 0 Å². The second-order valence-corrected chi connectivity index (χ2v) is 6.04. The van der Waals surface area contributed by atoms with Gasteiger partial charge >= 0.3 is 0 Å². The third kappa shape index (κ3) is 27.9. The summed E-state index contributed by atoms with van der Waals surface area (Å²) in [7, 11) is 0. The maximum absolute atomic E-state index is 7.57. The van der Waals surface area contributed by atoms with Crippen molar-refractivity contribution in [2.24, 2.45) is 5.73 Å². The quantitative estimate of drug-likeness (QED) is 0.288. The van der Waals surface area contributed by atoms with E-state index >= 15 is 0 Å². The van der Waals surface area contributed by atoms with Crippen LogP contribution in [0.15, 0.2) is 12.2 Å². The summed E-state index contributed by atoms with van der Waals surface area (Å²) in [4.78, 5) is 0. The third-order valence-corrected chi connectivity index (χ3v) is 3.72. The normalized spacial score (nSPS) is 10.7. The molecule has 0 fully saturated rings. The molecule has 0 saturated heterocycles. The second kappa shape index (κ2) is 25.6. The average Bonchev–Trinajstić information content (AvgIpc) is 2.52. The number of hydrogen-bond donors (Lipinski definition) is 2. The number of allylic oxidation sites excluding steroid dienone is 2. The topological polar surface area (TPSA) is 46.2 Å². The molecule has 0 aliphatic carbocycles. The molecule has 2 nitrogen and oxygen atoms in total. The summed E-state index contributed by atoms with van der Waals surface area (Å²) in [6.45, 7) is 5.07. The van der Waals surface area contributed by atoms with Crippen LogP contribution in [0.3, 0.4) is 0 Å². The Bertz CT molecular complexity index is 192.